The fourth-order valence-electron chi connectivity index (χ4n) is 2.01. The molecule has 0 N–H and O–H groups in total. The summed E-state index contributed by atoms with van der Waals surface area (Å²) >= 11 is 5.48. The van der Waals surface area contributed by atoms with E-state index >= 15 is 0 Å². The number of benzene rings is 1. The van der Waals surface area contributed by atoms with E-state index in [1.54, 1.807) is 9.69 Å². The van der Waals surface area contributed by atoms with Gasteiger partial charge in [0, 0.05) is 5.33 Å². The molecule has 2 rings (SSSR count). The first kappa shape index (κ1) is 12.1. The van der Waals surface area contributed by atoms with E-state index < -0.39 is 8.07 Å². The molecule has 2 aromatic rings. The number of halogens is 1. The molecule has 0 spiro atoms. The summed E-state index contributed by atoms with van der Waals surface area (Å²) in [6.45, 7) is 4.86. The highest BCUT2D eigenvalue weighted by molar-refractivity contribution is 9.08. The number of thiophene rings is 1. The van der Waals surface area contributed by atoms with Gasteiger partial charge >= 0.3 is 0 Å². The standard InChI is InChI=1S/C13H15BrSSi/c1-16(2,13-8-5-9-15-13)12-7-4-3-6-11(12)10-14/h3-9H,10H2,1-2H3. The lowest BCUT2D eigenvalue weighted by Crippen LogP contribution is -2.52. The topological polar surface area (TPSA) is 0 Å². The molecule has 0 amide bonds. The lowest BCUT2D eigenvalue weighted by Gasteiger charge is -2.24. The second-order valence-electron chi connectivity index (χ2n) is 4.39. The van der Waals surface area contributed by atoms with Crippen molar-refractivity contribution in [2.45, 2.75) is 18.4 Å². The van der Waals surface area contributed by atoms with Crippen LogP contribution in [0.25, 0.3) is 0 Å². The Bertz CT molecular complexity index is 463. The molecule has 0 unspecified atom stereocenters. The van der Waals surface area contributed by atoms with Crippen LogP contribution >= 0.6 is 27.3 Å². The Morgan fingerprint density at radius 1 is 1.12 bits per heavy atom. The predicted molar refractivity (Wildman–Crippen MR) is 80.1 cm³/mol. The summed E-state index contributed by atoms with van der Waals surface area (Å²) in [5.41, 5.74) is 1.44. The van der Waals surface area contributed by atoms with Crippen molar-refractivity contribution in [2.75, 3.05) is 0 Å². The minimum absolute atomic E-state index is 0.949. The van der Waals surface area contributed by atoms with Gasteiger partial charge in [-0.3, -0.25) is 0 Å². The van der Waals surface area contributed by atoms with Crippen LogP contribution in [0.3, 0.4) is 0 Å². The molecule has 3 heteroatoms. The highest BCUT2D eigenvalue weighted by Crippen LogP contribution is 2.13. The van der Waals surface area contributed by atoms with Gasteiger partial charge in [-0.15, -0.1) is 0 Å². The van der Waals surface area contributed by atoms with Crippen molar-refractivity contribution in [1.82, 2.24) is 0 Å². The van der Waals surface area contributed by atoms with Crippen LogP contribution in [0, 0.1) is 0 Å². The number of rotatable bonds is 3. The third-order valence-electron chi connectivity index (χ3n) is 2.97. The van der Waals surface area contributed by atoms with Crippen molar-refractivity contribution in [1.29, 1.82) is 0 Å². The van der Waals surface area contributed by atoms with Crippen LogP contribution in [-0.2, 0) is 5.33 Å². The zero-order valence-electron chi connectivity index (χ0n) is 9.53. The van der Waals surface area contributed by atoms with Crippen LogP contribution in [0.15, 0.2) is 41.8 Å². The molecule has 0 saturated carbocycles. The zero-order chi connectivity index (χ0) is 11.6. The van der Waals surface area contributed by atoms with Crippen molar-refractivity contribution < 1.29 is 0 Å². The van der Waals surface area contributed by atoms with E-state index in [0.29, 0.717) is 0 Å². The quantitative estimate of drug-likeness (QED) is 0.601. The molecule has 1 aromatic carbocycles. The molecule has 1 aromatic heterocycles. The maximum absolute atomic E-state index is 3.59. The van der Waals surface area contributed by atoms with E-state index in [9.17, 15) is 0 Å². The molecule has 84 valence electrons. The van der Waals surface area contributed by atoms with Crippen LogP contribution < -0.4 is 9.69 Å². The van der Waals surface area contributed by atoms with Crippen molar-refractivity contribution in [3.8, 4) is 0 Å². The van der Waals surface area contributed by atoms with Crippen LogP contribution in [0.1, 0.15) is 5.56 Å². The number of hydrogen-bond acceptors (Lipinski definition) is 1. The normalized spacial score (nSPS) is 11.7. The Labute approximate surface area is 110 Å². The van der Waals surface area contributed by atoms with Gasteiger partial charge in [0.15, 0.2) is 0 Å². The maximum Gasteiger partial charge on any atom is 0.125 e. The van der Waals surface area contributed by atoms with E-state index in [2.05, 4.69) is 70.8 Å². The smallest absolute Gasteiger partial charge is 0.125 e. The Kier molecular flexibility index (Phi) is 3.67. The second-order valence-corrected chi connectivity index (χ2v) is 10.6. The second kappa shape index (κ2) is 4.86. The highest BCUT2D eigenvalue weighted by atomic mass is 79.9. The van der Waals surface area contributed by atoms with Gasteiger partial charge in [-0.25, -0.2) is 0 Å². The van der Waals surface area contributed by atoms with Gasteiger partial charge in [0.25, 0.3) is 0 Å². The van der Waals surface area contributed by atoms with Gasteiger partial charge in [0.1, 0.15) is 8.07 Å². The molecular weight excluding hydrogens is 296 g/mol. The summed E-state index contributed by atoms with van der Waals surface area (Å²) in [5, 5.41) is 4.68. The van der Waals surface area contributed by atoms with Crippen molar-refractivity contribution >= 4 is 45.0 Å². The lowest BCUT2D eigenvalue weighted by atomic mass is 10.2. The minimum Gasteiger partial charge on any atom is -0.153 e. The molecule has 0 atom stereocenters. The molecule has 0 fully saturated rings. The fraction of sp³-hybridized carbons (Fsp3) is 0.231. The molecule has 1 heterocycles. The maximum atomic E-state index is 3.59. The SMILES string of the molecule is C[Si](C)(c1cccs1)c1ccccc1CBr. The summed E-state index contributed by atoms with van der Waals surface area (Å²) < 4.78 is 1.56. The van der Waals surface area contributed by atoms with E-state index in [0.717, 1.165) is 5.33 Å². The molecule has 0 saturated heterocycles. The summed E-state index contributed by atoms with van der Waals surface area (Å²) in [6.07, 6.45) is 0. The third kappa shape index (κ3) is 2.17. The lowest BCUT2D eigenvalue weighted by molar-refractivity contribution is 1.46. The summed E-state index contributed by atoms with van der Waals surface area (Å²) in [5.74, 6) is 0. The summed E-state index contributed by atoms with van der Waals surface area (Å²) in [4.78, 5) is 0. The molecule has 16 heavy (non-hydrogen) atoms. The van der Waals surface area contributed by atoms with Crippen LogP contribution in [0.4, 0.5) is 0 Å². The van der Waals surface area contributed by atoms with Crippen LogP contribution in [0.5, 0.6) is 0 Å². The number of alkyl halides is 1. The average Bonchev–Trinajstić information content (AvgIpc) is 2.83. The van der Waals surface area contributed by atoms with E-state index in [1.165, 1.54) is 5.56 Å². The van der Waals surface area contributed by atoms with E-state index in [4.69, 9.17) is 0 Å². The average molecular weight is 311 g/mol. The van der Waals surface area contributed by atoms with Crippen molar-refractivity contribution in [3.63, 3.8) is 0 Å². The first-order chi connectivity index (χ1) is 7.66. The Balaban J connectivity index is 2.51. The van der Waals surface area contributed by atoms with Gasteiger partial charge < -0.3 is 0 Å². The summed E-state index contributed by atoms with van der Waals surface area (Å²) in [7, 11) is -1.48. The first-order valence-corrected chi connectivity index (χ1v) is 10.3. The Morgan fingerprint density at radius 3 is 2.50 bits per heavy atom. The molecule has 0 aliphatic carbocycles. The van der Waals surface area contributed by atoms with Gasteiger partial charge in [0.2, 0.25) is 0 Å². The summed E-state index contributed by atoms with van der Waals surface area (Å²) in [6, 6.07) is 13.2. The Hall–Kier alpha value is -0.383. The third-order valence-corrected chi connectivity index (χ3v) is 9.38. The molecule has 0 nitrogen and oxygen atoms in total. The van der Waals surface area contributed by atoms with Crippen LogP contribution in [-0.4, -0.2) is 8.07 Å². The fourth-order valence-corrected chi connectivity index (χ4v) is 7.20. The Morgan fingerprint density at radius 2 is 1.88 bits per heavy atom. The monoisotopic (exact) mass is 310 g/mol. The largest absolute Gasteiger partial charge is 0.153 e. The van der Waals surface area contributed by atoms with Gasteiger partial charge in [-0.1, -0.05) is 65.4 Å². The molecule has 0 radical (unpaired) electrons. The van der Waals surface area contributed by atoms with Crippen molar-refractivity contribution in [3.05, 3.63) is 47.3 Å². The van der Waals surface area contributed by atoms with Gasteiger partial charge in [0.05, 0.1) is 0 Å². The molecule has 0 aliphatic heterocycles. The van der Waals surface area contributed by atoms with E-state index in [1.807, 2.05) is 11.3 Å². The van der Waals surface area contributed by atoms with Gasteiger partial charge in [-0.2, -0.15) is 11.3 Å². The zero-order valence-corrected chi connectivity index (χ0v) is 12.9. The van der Waals surface area contributed by atoms with E-state index in [-0.39, 0.29) is 0 Å². The number of hydrogen-bond donors (Lipinski definition) is 0. The minimum atomic E-state index is -1.48. The first-order valence-electron chi connectivity index (χ1n) is 5.34. The van der Waals surface area contributed by atoms with Crippen molar-refractivity contribution in [2.24, 2.45) is 0 Å². The molecular formula is C13H15BrSSi. The predicted octanol–water partition coefficient (Wildman–Crippen LogP) is 3.47. The van der Waals surface area contributed by atoms with Gasteiger partial charge in [-0.05, 0) is 20.6 Å². The van der Waals surface area contributed by atoms with Crippen LogP contribution in [0.2, 0.25) is 13.1 Å². The highest BCUT2D eigenvalue weighted by Gasteiger charge is 2.28. The molecule has 0 aliphatic rings. The molecule has 0 bridgehead atoms.